The third-order valence-corrected chi connectivity index (χ3v) is 2.89. The smallest absolute Gasteiger partial charge is 0.251 e. The van der Waals surface area contributed by atoms with Crippen molar-refractivity contribution in [1.82, 2.24) is 15.5 Å². The zero-order valence-electron chi connectivity index (χ0n) is 9.98. The van der Waals surface area contributed by atoms with Crippen LogP contribution in [0.3, 0.4) is 0 Å². The van der Waals surface area contributed by atoms with Crippen molar-refractivity contribution in [3.63, 3.8) is 0 Å². The lowest BCUT2D eigenvalue weighted by Gasteiger charge is -2.33. The third-order valence-electron chi connectivity index (χ3n) is 2.89. The molecule has 0 saturated heterocycles. The van der Waals surface area contributed by atoms with E-state index in [4.69, 9.17) is 0 Å². The van der Waals surface area contributed by atoms with E-state index in [1.54, 1.807) is 4.90 Å². The van der Waals surface area contributed by atoms with Gasteiger partial charge in [0, 0.05) is 20.1 Å². The number of fused-ring (bicyclic) bond motifs is 1. The Morgan fingerprint density at radius 1 is 1.31 bits per heavy atom. The van der Waals surface area contributed by atoms with Crippen LogP contribution in [0.1, 0.15) is 13.8 Å². The number of rotatable bonds is 0. The molecule has 2 rings (SSSR count). The van der Waals surface area contributed by atoms with E-state index in [1.807, 2.05) is 27.9 Å². The number of nitrogens with zero attached hydrogens (tertiary/aromatic N) is 3. The molecule has 0 saturated carbocycles. The SMILES string of the molecule is CC1N=C2N=C(N(C)C)NC(=O)C2NC1C. The number of nitrogens with one attached hydrogen (secondary N) is 2. The molecule has 0 aromatic carbocycles. The predicted molar refractivity (Wildman–Crippen MR) is 62.5 cm³/mol. The topological polar surface area (TPSA) is 69.1 Å². The van der Waals surface area contributed by atoms with Crippen molar-refractivity contribution < 1.29 is 4.79 Å². The Labute approximate surface area is 94.8 Å². The summed E-state index contributed by atoms with van der Waals surface area (Å²) in [4.78, 5) is 22.4. The molecule has 1 amide bonds. The highest BCUT2D eigenvalue weighted by Crippen LogP contribution is 2.12. The summed E-state index contributed by atoms with van der Waals surface area (Å²) in [5, 5.41) is 5.95. The number of amidine groups is 1. The molecule has 0 aromatic rings. The Morgan fingerprint density at radius 2 is 2.00 bits per heavy atom. The number of aliphatic imine (C=N–C) groups is 2. The monoisotopic (exact) mass is 223 g/mol. The van der Waals surface area contributed by atoms with Crippen LogP contribution >= 0.6 is 0 Å². The van der Waals surface area contributed by atoms with Gasteiger partial charge in [0.25, 0.3) is 5.91 Å². The molecular formula is C10H17N5O. The second kappa shape index (κ2) is 3.86. The summed E-state index contributed by atoms with van der Waals surface area (Å²) in [6.45, 7) is 4.03. The standard InChI is InChI=1S/C10H17N5O/c1-5-6(2)12-8-7(11-5)9(16)14-10(13-8)15(3)4/h5-7,11H,1-4H3,(H,12,13,14,16). The van der Waals surface area contributed by atoms with Crippen LogP contribution in [0.2, 0.25) is 0 Å². The Kier molecular flexibility index (Phi) is 2.67. The first-order valence-corrected chi connectivity index (χ1v) is 5.39. The Morgan fingerprint density at radius 3 is 2.62 bits per heavy atom. The van der Waals surface area contributed by atoms with Crippen molar-refractivity contribution in [2.45, 2.75) is 32.0 Å². The number of carbonyl (C=O) groups is 1. The lowest BCUT2D eigenvalue weighted by atomic mass is 10.1. The van der Waals surface area contributed by atoms with E-state index in [0.717, 1.165) is 0 Å². The number of amides is 1. The van der Waals surface area contributed by atoms with Crippen molar-refractivity contribution in [2.75, 3.05) is 14.1 Å². The first kappa shape index (κ1) is 11.1. The van der Waals surface area contributed by atoms with E-state index in [2.05, 4.69) is 20.6 Å². The molecule has 2 aliphatic rings. The molecule has 0 aliphatic carbocycles. The Balaban J connectivity index is 2.35. The number of hydrogen-bond donors (Lipinski definition) is 2. The first-order chi connectivity index (χ1) is 7.49. The van der Waals surface area contributed by atoms with Crippen LogP contribution in [0.5, 0.6) is 0 Å². The quantitative estimate of drug-likeness (QED) is 0.564. The average Bonchev–Trinajstić information content (AvgIpc) is 2.20. The molecule has 88 valence electrons. The zero-order chi connectivity index (χ0) is 11.9. The summed E-state index contributed by atoms with van der Waals surface area (Å²) in [6.07, 6.45) is 0. The molecule has 0 radical (unpaired) electrons. The van der Waals surface area contributed by atoms with Gasteiger partial charge in [0.05, 0.1) is 6.04 Å². The van der Waals surface area contributed by atoms with Crippen LogP contribution in [0.4, 0.5) is 0 Å². The van der Waals surface area contributed by atoms with Crippen molar-refractivity contribution in [3.8, 4) is 0 Å². The molecule has 2 aliphatic heterocycles. The molecule has 16 heavy (non-hydrogen) atoms. The molecule has 2 N–H and O–H groups in total. The third kappa shape index (κ3) is 1.80. The van der Waals surface area contributed by atoms with Gasteiger partial charge in [0.2, 0.25) is 5.96 Å². The van der Waals surface area contributed by atoms with Crippen LogP contribution < -0.4 is 10.6 Å². The molecule has 2 heterocycles. The highest BCUT2D eigenvalue weighted by molar-refractivity contribution is 6.19. The predicted octanol–water partition coefficient (Wildman–Crippen LogP) is -0.819. The van der Waals surface area contributed by atoms with Crippen molar-refractivity contribution in [3.05, 3.63) is 0 Å². The fourth-order valence-electron chi connectivity index (χ4n) is 1.69. The Hall–Kier alpha value is -1.43. The number of guanidine groups is 1. The summed E-state index contributed by atoms with van der Waals surface area (Å²) in [6, 6.07) is -0.0742. The fourth-order valence-corrected chi connectivity index (χ4v) is 1.69. The summed E-state index contributed by atoms with van der Waals surface area (Å²) >= 11 is 0. The van der Waals surface area contributed by atoms with Crippen molar-refractivity contribution in [1.29, 1.82) is 0 Å². The van der Waals surface area contributed by atoms with Crippen LogP contribution in [0, 0.1) is 0 Å². The minimum absolute atomic E-state index is 0.0869. The normalized spacial score (nSPS) is 33.5. The maximum Gasteiger partial charge on any atom is 0.251 e. The van der Waals surface area contributed by atoms with Gasteiger partial charge in [-0.25, -0.2) is 0 Å². The lowest BCUT2D eigenvalue weighted by Crippen LogP contribution is -2.62. The second-order valence-electron chi connectivity index (χ2n) is 4.44. The molecule has 0 bridgehead atoms. The van der Waals surface area contributed by atoms with Gasteiger partial charge in [0.1, 0.15) is 6.04 Å². The number of hydrogen-bond acceptors (Lipinski definition) is 5. The minimum atomic E-state index is -0.408. The van der Waals surface area contributed by atoms with Crippen molar-refractivity contribution >= 4 is 17.7 Å². The second-order valence-corrected chi connectivity index (χ2v) is 4.44. The molecule has 3 unspecified atom stereocenters. The van der Waals surface area contributed by atoms with Gasteiger partial charge in [-0.15, -0.1) is 0 Å². The maximum absolute atomic E-state index is 11.8. The molecule has 0 aromatic heterocycles. The Bertz CT molecular complexity index is 373. The highest BCUT2D eigenvalue weighted by atomic mass is 16.2. The van der Waals surface area contributed by atoms with E-state index >= 15 is 0 Å². The first-order valence-electron chi connectivity index (χ1n) is 5.39. The molecular weight excluding hydrogens is 206 g/mol. The molecule has 3 atom stereocenters. The minimum Gasteiger partial charge on any atom is -0.348 e. The maximum atomic E-state index is 11.8. The lowest BCUT2D eigenvalue weighted by molar-refractivity contribution is -0.120. The van der Waals surface area contributed by atoms with E-state index in [0.29, 0.717) is 11.8 Å². The van der Waals surface area contributed by atoms with Crippen LogP contribution in [-0.2, 0) is 4.79 Å². The molecule has 0 spiro atoms. The van der Waals surface area contributed by atoms with Crippen LogP contribution in [0.25, 0.3) is 0 Å². The largest absolute Gasteiger partial charge is 0.348 e. The van der Waals surface area contributed by atoms with Gasteiger partial charge >= 0.3 is 0 Å². The average molecular weight is 223 g/mol. The fraction of sp³-hybridized carbons (Fsp3) is 0.700. The van der Waals surface area contributed by atoms with Gasteiger partial charge < -0.3 is 4.90 Å². The summed E-state index contributed by atoms with van der Waals surface area (Å²) in [7, 11) is 3.67. The van der Waals surface area contributed by atoms with Gasteiger partial charge in [-0.2, -0.15) is 4.99 Å². The van der Waals surface area contributed by atoms with Crippen LogP contribution in [-0.4, -0.2) is 54.8 Å². The highest BCUT2D eigenvalue weighted by Gasteiger charge is 2.36. The molecule has 6 heteroatoms. The van der Waals surface area contributed by atoms with Crippen molar-refractivity contribution in [2.24, 2.45) is 9.98 Å². The van der Waals surface area contributed by atoms with Crippen LogP contribution in [0.15, 0.2) is 9.98 Å². The summed E-state index contributed by atoms with van der Waals surface area (Å²) in [5.41, 5.74) is 0. The van der Waals surface area contributed by atoms with Gasteiger partial charge in [0.15, 0.2) is 5.84 Å². The molecule has 0 fully saturated rings. The van der Waals surface area contributed by atoms with Gasteiger partial charge in [-0.1, -0.05) is 0 Å². The van der Waals surface area contributed by atoms with Gasteiger partial charge in [-0.05, 0) is 13.8 Å². The van der Waals surface area contributed by atoms with E-state index in [1.165, 1.54) is 0 Å². The van der Waals surface area contributed by atoms with E-state index < -0.39 is 6.04 Å². The zero-order valence-corrected chi connectivity index (χ0v) is 9.98. The summed E-state index contributed by atoms with van der Waals surface area (Å²) in [5.74, 6) is 1.04. The number of carbonyl (C=O) groups excluding carboxylic acids is 1. The van der Waals surface area contributed by atoms with Gasteiger partial charge in [-0.3, -0.25) is 20.4 Å². The summed E-state index contributed by atoms with van der Waals surface area (Å²) < 4.78 is 0. The molecule has 6 nitrogen and oxygen atoms in total. The van der Waals surface area contributed by atoms with E-state index in [-0.39, 0.29) is 18.0 Å². The van der Waals surface area contributed by atoms with E-state index in [9.17, 15) is 4.79 Å².